The van der Waals surface area contributed by atoms with E-state index in [0.717, 1.165) is 34.1 Å². The summed E-state index contributed by atoms with van der Waals surface area (Å²) in [6.45, 7) is 8.13. The smallest absolute Gasteiger partial charge is 0.328 e. The van der Waals surface area contributed by atoms with Crippen LogP contribution >= 0.6 is 0 Å². The van der Waals surface area contributed by atoms with E-state index in [9.17, 15) is 4.79 Å². The summed E-state index contributed by atoms with van der Waals surface area (Å²) in [4.78, 5) is 10.6. The molecular formula is C16H18N2O2. The predicted octanol–water partition coefficient (Wildman–Crippen LogP) is 3.20. The highest BCUT2D eigenvalue weighted by molar-refractivity contribution is 5.85. The lowest BCUT2D eigenvalue weighted by atomic mass is 10.0. The molecule has 1 N–H and O–H groups in total. The quantitative estimate of drug-likeness (QED) is 0.871. The van der Waals surface area contributed by atoms with Crippen LogP contribution in [-0.2, 0) is 4.79 Å². The minimum atomic E-state index is -0.958. The van der Waals surface area contributed by atoms with E-state index in [1.165, 1.54) is 5.56 Å². The van der Waals surface area contributed by atoms with E-state index >= 15 is 0 Å². The summed E-state index contributed by atoms with van der Waals surface area (Å²) >= 11 is 0. The number of aliphatic carboxylic acids is 1. The van der Waals surface area contributed by atoms with Crippen molar-refractivity contribution >= 4 is 12.0 Å². The lowest BCUT2D eigenvalue weighted by Crippen LogP contribution is -2.04. The van der Waals surface area contributed by atoms with Crippen LogP contribution in [0.4, 0.5) is 0 Å². The van der Waals surface area contributed by atoms with Gasteiger partial charge in [0.15, 0.2) is 0 Å². The van der Waals surface area contributed by atoms with Gasteiger partial charge in [0.05, 0.1) is 11.9 Å². The maximum absolute atomic E-state index is 10.6. The molecule has 20 heavy (non-hydrogen) atoms. The van der Waals surface area contributed by atoms with Gasteiger partial charge in [0, 0.05) is 17.3 Å². The molecule has 0 aliphatic heterocycles. The number of carboxylic acid groups (broad SMARTS) is 1. The monoisotopic (exact) mass is 270 g/mol. The van der Waals surface area contributed by atoms with Crippen molar-refractivity contribution in [1.82, 2.24) is 9.78 Å². The maximum Gasteiger partial charge on any atom is 0.328 e. The highest BCUT2D eigenvalue weighted by atomic mass is 16.4. The Morgan fingerprint density at radius 3 is 2.35 bits per heavy atom. The molecular weight excluding hydrogens is 252 g/mol. The van der Waals surface area contributed by atoms with E-state index in [2.05, 4.69) is 38.0 Å². The Balaban J connectivity index is 2.53. The van der Waals surface area contributed by atoms with Gasteiger partial charge in [-0.1, -0.05) is 17.7 Å². The molecule has 0 aliphatic carbocycles. The fraction of sp³-hybridized carbons (Fsp3) is 0.250. The third-order valence-corrected chi connectivity index (χ3v) is 3.30. The molecule has 1 aromatic carbocycles. The lowest BCUT2D eigenvalue weighted by molar-refractivity contribution is -0.131. The van der Waals surface area contributed by atoms with Gasteiger partial charge in [-0.15, -0.1) is 0 Å². The molecule has 0 saturated carbocycles. The summed E-state index contributed by atoms with van der Waals surface area (Å²) < 4.78 is 1.87. The summed E-state index contributed by atoms with van der Waals surface area (Å²) in [7, 11) is 0. The number of hydrogen-bond acceptors (Lipinski definition) is 2. The first-order valence-electron chi connectivity index (χ1n) is 6.44. The Kier molecular flexibility index (Phi) is 3.74. The van der Waals surface area contributed by atoms with Gasteiger partial charge in [-0.05, 0) is 44.9 Å². The molecule has 0 radical (unpaired) electrons. The van der Waals surface area contributed by atoms with Crippen LogP contribution in [0.2, 0.25) is 0 Å². The van der Waals surface area contributed by atoms with E-state index in [1.807, 2.05) is 11.6 Å². The van der Waals surface area contributed by atoms with Crippen LogP contribution < -0.4 is 0 Å². The van der Waals surface area contributed by atoms with E-state index in [-0.39, 0.29) is 0 Å². The summed E-state index contributed by atoms with van der Waals surface area (Å²) in [5.74, 6) is -0.958. The third-order valence-electron chi connectivity index (χ3n) is 3.30. The number of carboxylic acids is 1. The molecule has 0 unspecified atom stereocenters. The molecule has 0 fully saturated rings. The Labute approximate surface area is 118 Å². The molecule has 0 bridgehead atoms. The minimum Gasteiger partial charge on any atom is -0.478 e. The Bertz CT molecular complexity index is 673. The van der Waals surface area contributed by atoms with Crippen LogP contribution in [0.5, 0.6) is 0 Å². The van der Waals surface area contributed by atoms with Crippen LogP contribution in [0.25, 0.3) is 11.8 Å². The van der Waals surface area contributed by atoms with Crippen molar-refractivity contribution in [3.63, 3.8) is 0 Å². The van der Waals surface area contributed by atoms with Crippen molar-refractivity contribution in [2.75, 3.05) is 0 Å². The van der Waals surface area contributed by atoms with Crippen LogP contribution in [0.15, 0.2) is 24.4 Å². The average molecular weight is 270 g/mol. The second-order valence-corrected chi connectivity index (χ2v) is 5.02. The molecule has 0 spiro atoms. The van der Waals surface area contributed by atoms with Gasteiger partial charge in [0.25, 0.3) is 0 Å². The van der Waals surface area contributed by atoms with Crippen molar-refractivity contribution in [2.45, 2.75) is 27.7 Å². The molecule has 4 heteroatoms. The number of hydrogen-bond donors (Lipinski definition) is 1. The summed E-state index contributed by atoms with van der Waals surface area (Å²) in [5.41, 5.74) is 6.33. The standard InChI is InChI=1S/C16H18N2O2/c1-10-7-11(2)16(12(3)8-10)18-13(4)14(9-17-18)5-6-15(19)20/h5-9H,1-4H3,(H,19,20)/b6-5+. The van der Waals surface area contributed by atoms with Crippen molar-refractivity contribution in [2.24, 2.45) is 0 Å². The van der Waals surface area contributed by atoms with E-state index in [4.69, 9.17) is 5.11 Å². The van der Waals surface area contributed by atoms with Gasteiger partial charge in [-0.25, -0.2) is 9.48 Å². The number of benzene rings is 1. The average Bonchev–Trinajstić information content (AvgIpc) is 2.67. The first-order valence-corrected chi connectivity index (χ1v) is 6.44. The van der Waals surface area contributed by atoms with Crippen LogP contribution in [0, 0.1) is 27.7 Å². The Hall–Kier alpha value is -2.36. The topological polar surface area (TPSA) is 55.1 Å². The van der Waals surface area contributed by atoms with Gasteiger partial charge in [0.1, 0.15) is 0 Å². The SMILES string of the molecule is Cc1cc(C)c(-n2ncc(/C=C/C(=O)O)c2C)c(C)c1. The summed E-state index contributed by atoms with van der Waals surface area (Å²) in [5, 5.41) is 13.1. The molecule has 104 valence electrons. The van der Waals surface area contributed by atoms with E-state index in [1.54, 1.807) is 12.3 Å². The molecule has 1 aromatic heterocycles. The fourth-order valence-electron chi connectivity index (χ4n) is 2.48. The highest BCUT2D eigenvalue weighted by Crippen LogP contribution is 2.23. The Morgan fingerprint density at radius 2 is 1.80 bits per heavy atom. The molecule has 0 atom stereocenters. The largest absolute Gasteiger partial charge is 0.478 e. The van der Waals surface area contributed by atoms with Gasteiger partial charge >= 0.3 is 5.97 Å². The zero-order valence-electron chi connectivity index (χ0n) is 12.1. The second-order valence-electron chi connectivity index (χ2n) is 5.02. The van der Waals surface area contributed by atoms with Crippen molar-refractivity contribution < 1.29 is 9.90 Å². The van der Waals surface area contributed by atoms with Crippen LogP contribution in [0.3, 0.4) is 0 Å². The molecule has 4 nitrogen and oxygen atoms in total. The zero-order chi connectivity index (χ0) is 14.9. The van der Waals surface area contributed by atoms with E-state index < -0.39 is 5.97 Å². The summed E-state index contributed by atoms with van der Waals surface area (Å²) in [6.07, 6.45) is 4.39. The predicted molar refractivity (Wildman–Crippen MR) is 79.2 cm³/mol. The molecule has 2 rings (SSSR count). The van der Waals surface area contributed by atoms with Gasteiger partial charge in [0.2, 0.25) is 0 Å². The molecule has 0 amide bonds. The first kappa shape index (κ1) is 14.1. The first-order chi connectivity index (χ1) is 9.40. The zero-order valence-corrected chi connectivity index (χ0v) is 12.1. The van der Waals surface area contributed by atoms with Crippen molar-refractivity contribution in [1.29, 1.82) is 0 Å². The number of nitrogens with zero attached hydrogens (tertiary/aromatic N) is 2. The van der Waals surface area contributed by atoms with Crippen LogP contribution in [-0.4, -0.2) is 20.9 Å². The molecule has 2 aromatic rings. The van der Waals surface area contributed by atoms with E-state index in [0.29, 0.717) is 0 Å². The highest BCUT2D eigenvalue weighted by Gasteiger charge is 2.11. The fourth-order valence-corrected chi connectivity index (χ4v) is 2.48. The lowest BCUT2D eigenvalue weighted by Gasteiger charge is -2.13. The number of carbonyl (C=O) groups is 1. The number of aryl methyl sites for hydroxylation is 3. The van der Waals surface area contributed by atoms with Crippen molar-refractivity contribution in [3.05, 3.63) is 52.4 Å². The van der Waals surface area contributed by atoms with Crippen molar-refractivity contribution in [3.8, 4) is 5.69 Å². The minimum absolute atomic E-state index is 0.812. The summed E-state index contributed by atoms with van der Waals surface area (Å²) in [6, 6.07) is 4.24. The normalized spacial score (nSPS) is 11.2. The number of aromatic nitrogens is 2. The second kappa shape index (κ2) is 5.33. The van der Waals surface area contributed by atoms with Crippen LogP contribution in [0.1, 0.15) is 27.9 Å². The molecule has 0 aliphatic rings. The van der Waals surface area contributed by atoms with Gasteiger partial charge in [-0.3, -0.25) is 0 Å². The maximum atomic E-state index is 10.6. The Morgan fingerprint density at radius 1 is 1.20 bits per heavy atom. The van der Waals surface area contributed by atoms with Gasteiger partial charge < -0.3 is 5.11 Å². The molecule has 0 saturated heterocycles. The third kappa shape index (κ3) is 2.64. The number of rotatable bonds is 3. The molecule has 1 heterocycles. The van der Waals surface area contributed by atoms with Gasteiger partial charge in [-0.2, -0.15) is 5.10 Å².